The summed E-state index contributed by atoms with van der Waals surface area (Å²) in [6, 6.07) is 26.7. The van der Waals surface area contributed by atoms with E-state index in [0.29, 0.717) is 33.7 Å². The van der Waals surface area contributed by atoms with Gasteiger partial charge in [0.15, 0.2) is 11.0 Å². The molecule has 3 heterocycles. The van der Waals surface area contributed by atoms with Crippen LogP contribution in [0.15, 0.2) is 101 Å². The zero-order valence-corrected chi connectivity index (χ0v) is 27.2. The Bertz CT molecular complexity index is 1850. The van der Waals surface area contributed by atoms with Crippen LogP contribution in [0.1, 0.15) is 44.6 Å². The van der Waals surface area contributed by atoms with E-state index in [0.717, 1.165) is 28.2 Å². The van der Waals surface area contributed by atoms with Crippen LogP contribution in [0.5, 0.6) is 11.5 Å². The van der Waals surface area contributed by atoms with Gasteiger partial charge in [-0.1, -0.05) is 59.8 Å². The number of amides is 2. The number of carbonyl (C=O) groups excluding carboxylic acids is 2. The Balaban J connectivity index is 1.27. The van der Waals surface area contributed by atoms with E-state index in [-0.39, 0.29) is 30.2 Å². The third kappa shape index (κ3) is 6.68. The van der Waals surface area contributed by atoms with E-state index in [1.165, 1.54) is 23.1 Å². The second-order valence-corrected chi connectivity index (χ2v) is 12.4. The Morgan fingerprint density at radius 2 is 1.74 bits per heavy atom. The second kappa shape index (κ2) is 14.0. The lowest BCUT2D eigenvalue weighted by molar-refractivity contribution is -0.130. The molecular formula is C34H32N6O4S2. The van der Waals surface area contributed by atoms with Gasteiger partial charge in [0.05, 0.1) is 48.8 Å². The van der Waals surface area contributed by atoms with Crippen LogP contribution in [-0.2, 0) is 11.3 Å². The Hall–Kier alpha value is -4.94. The van der Waals surface area contributed by atoms with Gasteiger partial charge >= 0.3 is 0 Å². The quantitative estimate of drug-likeness (QED) is 0.173. The molecule has 3 aromatic carbocycles. The summed E-state index contributed by atoms with van der Waals surface area (Å²) < 4.78 is 12.8. The van der Waals surface area contributed by atoms with Gasteiger partial charge in [0, 0.05) is 6.42 Å². The number of nitrogens with zero attached hydrogens (tertiary/aromatic N) is 5. The molecule has 10 nitrogen and oxygen atoms in total. The van der Waals surface area contributed by atoms with Gasteiger partial charge in [-0.05, 0) is 65.9 Å². The van der Waals surface area contributed by atoms with Crippen molar-refractivity contribution in [3.8, 4) is 17.2 Å². The molecule has 1 N–H and O–H groups in total. The first kappa shape index (κ1) is 31.1. The number of thioether (sulfide) groups is 1. The number of nitrogens with one attached hydrogen (secondary N) is 1. The number of benzene rings is 3. The van der Waals surface area contributed by atoms with Crippen molar-refractivity contribution in [2.45, 2.75) is 31.1 Å². The second-order valence-electron chi connectivity index (χ2n) is 10.5. The van der Waals surface area contributed by atoms with Crippen molar-refractivity contribution in [3.05, 3.63) is 118 Å². The molecule has 2 amide bonds. The molecule has 234 valence electrons. The molecule has 0 unspecified atom stereocenters. The van der Waals surface area contributed by atoms with Gasteiger partial charge in [-0.15, -0.1) is 21.5 Å². The van der Waals surface area contributed by atoms with Gasteiger partial charge in [0.2, 0.25) is 0 Å². The summed E-state index contributed by atoms with van der Waals surface area (Å²) in [5.41, 5.74) is 4.61. The van der Waals surface area contributed by atoms with Gasteiger partial charge in [-0.2, -0.15) is 5.10 Å². The van der Waals surface area contributed by atoms with Crippen LogP contribution in [0.2, 0.25) is 0 Å². The Labute approximate surface area is 275 Å². The zero-order valence-electron chi connectivity index (χ0n) is 25.5. The van der Waals surface area contributed by atoms with E-state index in [2.05, 4.69) is 27.6 Å². The Morgan fingerprint density at radius 1 is 0.957 bits per heavy atom. The summed E-state index contributed by atoms with van der Waals surface area (Å²) in [5, 5.41) is 20.5. The first-order valence-electron chi connectivity index (χ1n) is 14.6. The Morgan fingerprint density at radius 3 is 2.46 bits per heavy atom. The average molecular weight is 653 g/mol. The highest BCUT2D eigenvalue weighted by Crippen LogP contribution is 2.35. The molecule has 46 heavy (non-hydrogen) atoms. The number of ether oxygens (including phenoxy) is 2. The third-order valence-electron chi connectivity index (χ3n) is 7.55. The van der Waals surface area contributed by atoms with Crippen molar-refractivity contribution in [1.82, 2.24) is 25.1 Å². The average Bonchev–Trinajstić information content (AvgIpc) is 3.87. The molecule has 5 aromatic rings. The van der Waals surface area contributed by atoms with E-state index in [4.69, 9.17) is 14.6 Å². The highest BCUT2D eigenvalue weighted by molar-refractivity contribution is 7.99. The van der Waals surface area contributed by atoms with Gasteiger partial charge in [-0.3, -0.25) is 14.2 Å². The molecule has 0 saturated heterocycles. The highest BCUT2D eigenvalue weighted by Gasteiger charge is 2.33. The van der Waals surface area contributed by atoms with Gasteiger partial charge in [0.25, 0.3) is 11.8 Å². The molecular weight excluding hydrogens is 621 g/mol. The fraction of sp³-hybridized carbons (Fsp3) is 0.206. The van der Waals surface area contributed by atoms with Crippen molar-refractivity contribution in [2.75, 3.05) is 20.0 Å². The summed E-state index contributed by atoms with van der Waals surface area (Å²) >= 11 is 2.62. The third-order valence-corrected chi connectivity index (χ3v) is 9.34. The molecule has 1 atom stereocenters. The predicted molar refractivity (Wildman–Crippen MR) is 179 cm³/mol. The molecule has 0 saturated carbocycles. The molecule has 0 fully saturated rings. The first-order chi connectivity index (χ1) is 22.4. The summed E-state index contributed by atoms with van der Waals surface area (Å²) in [6.07, 6.45) is 0.581. The van der Waals surface area contributed by atoms with Crippen molar-refractivity contribution in [2.24, 2.45) is 5.10 Å². The molecule has 0 spiro atoms. The number of hydrogen-bond donors (Lipinski definition) is 1. The molecule has 0 aliphatic carbocycles. The van der Waals surface area contributed by atoms with Crippen LogP contribution < -0.4 is 14.8 Å². The maximum Gasteiger partial charge on any atom is 0.261 e. The minimum absolute atomic E-state index is 0.0661. The number of aryl methyl sites for hydroxylation is 1. The Kier molecular flexibility index (Phi) is 9.46. The summed E-state index contributed by atoms with van der Waals surface area (Å²) in [7, 11) is 3.22. The molecule has 1 aliphatic heterocycles. The number of para-hydroxylation sites is 2. The van der Waals surface area contributed by atoms with Crippen molar-refractivity contribution < 1.29 is 19.1 Å². The van der Waals surface area contributed by atoms with Crippen LogP contribution in [0.25, 0.3) is 5.69 Å². The summed E-state index contributed by atoms with van der Waals surface area (Å²) in [6.45, 7) is 2.17. The number of thiophene rings is 1. The maximum atomic E-state index is 13.9. The van der Waals surface area contributed by atoms with Crippen LogP contribution in [0.3, 0.4) is 0 Å². The minimum Gasteiger partial charge on any atom is -0.497 e. The lowest BCUT2D eigenvalue weighted by Crippen LogP contribution is -2.28. The van der Waals surface area contributed by atoms with Crippen molar-refractivity contribution >= 4 is 40.6 Å². The van der Waals surface area contributed by atoms with Crippen LogP contribution >= 0.6 is 23.1 Å². The minimum atomic E-state index is -0.249. The van der Waals surface area contributed by atoms with Crippen molar-refractivity contribution in [3.63, 3.8) is 0 Å². The maximum absolute atomic E-state index is 13.9. The highest BCUT2D eigenvalue weighted by atomic mass is 32.2. The molecule has 0 radical (unpaired) electrons. The number of aromatic nitrogens is 3. The predicted octanol–water partition coefficient (Wildman–Crippen LogP) is 6.05. The van der Waals surface area contributed by atoms with Crippen LogP contribution in [0.4, 0.5) is 0 Å². The standard InChI is InChI=1S/C34H32N6O4S2/c1-22-10-12-24(13-11-22)28-19-26(23-14-16-25(43-2)17-15-23)38-40(28)32(41)21-46-34-37-36-31(20-35-33(42)30-9-6-18-45-30)39(34)27-7-4-5-8-29(27)44-3/h4-18,28H,19-21H2,1-3H3,(H,35,42)/t28-/m1/s1. The number of methoxy groups -OCH3 is 2. The number of hydrogen-bond acceptors (Lipinski definition) is 9. The van der Waals surface area contributed by atoms with E-state index in [9.17, 15) is 9.59 Å². The SMILES string of the molecule is COc1ccc(C2=NN(C(=O)CSc3nnc(CNC(=O)c4cccs4)n3-c3ccccc3OC)[C@@H](c3ccc(C)cc3)C2)cc1. The smallest absolute Gasteiger partial charge is 0.261 e. The fourth-order valence-corrected chi connectivity index (χ4v) is 6.61. The van der Waals surface area contributed by atoms with Gasteiger partial charge in [-0.25, -0.2) is 5.01 Å². The normalized spacial score (nSPS) is 14.2. The molecule has 0 bridgehead atoms. The topological polar surface area (TPSA) is 111 Å². The molecule has 2 aromatic heterocycles. The van der Waals surface area contributed by atoms with Crippen LogP contribution in [0, 0.1) is 6.92 Å². The van der Waals surface area contributed by atoms with E-state index in [1.54, 1.807) is 25.3 Å². The van der Waals surface area contributed by atoms with Gasteiger partial charge in [0.1, 0.15) is 11.5 Å². The largest absolute Gasteiger partial charge is 0.497 e. The van der Waals surface area contributed by atoms with Gasteiger partial charge < -0.3 is 14.8 Å². The monoisotopic (exact) mass is 652 g/mol. The first-order valence-corrected chi connectivity index (χ1v) is 16.4. The van der Waals surface area contributed by atoms with E-state index < -0.39 is 0 Å². The fourth-order valence-electron chi connectivity index (χ4n) is 5.16. The van der Waals surface area contributed by atoms with E-state index in [1.807, 2.05) is 83.6 Å². The molecule has 6 rings (SSSR count). The summed E-state index contributed by atoms with van der Waals surface area (Å²) in [5.74, 6) is 1.57. The zero-order chi connectivity index (χ0) is 32.0. The lowest BCUT2D eigenvalue weighted by Gasteiger charge is -2.22. The lowest BCUT2D eigenvalue weighted by atomic mass is 9.97. The molecule has 12 heteroatoms. The molecule has 1 aliphatic rings. The number of hydrazone groups is 1. The number of carbonyl (C=O) groups is 2. The summed E-state index contributed by atoms with van der Waals surface area (Å²) in [4.78, 5) is 27.2. The van der Waals surface area contributed by atoms with Crippen molar-refractivity contribution in [1.29, 1.82) is 0 Å². The van der Waals surface area contributed by atoms with Crippen LogP contribution in [-0.4, -0.2) is 57.3 Å². The number of rotatable bonds is 11. The van der Waals surface area contributed by atoms with E-state index >= 15 is 0 Å².